The van der Waals surface area contributed by atoms with Crippen LogP contribution >= 0.6 is 11.6 Å². The lowest BCUT2D eigenvalue weighted by atomic mass is 10.1. The van der Waals surface area contributed by atoms with Crippen LogP contribution in [0.15, 0.2) is 79.4 Å². The highest BCUT2D eigenvalue weighted by Gasteiger charge is 2.20. The normalized spacial score (nSPS) is 11.1. The van der Waals surface area contributed by atoms with Crippen LogP contribution in [0.1, 0.15) is 21.6 Å². The van der Waals surface area contributed by atoms with Gasteiger partial charge in [-0.1, -0.05) is 28.9 Å². The third kappa shape index (κ3) is 3.74. The Hall–Kier alpha value is -3.97. The number of carbonyl (C=O) groups excluding carboxylic acids is 1. The van der Waals surface area contributed by atoms with Gasteiger partial charge in [-0.2, -0.15) is 0 Å². The van der Waals surface area contributed by atoms with E-state index in [-0.39, 0.29) is 11.5 Å². The summed E-state index contributed by atoms with van der Waals surface area (Å²) in [6.45, 7) is 0.594. The lowest BCUT2D eigenvalue weighted by molar-refractivity contribution is 0.103. The molecule has 0 atom stereocenters. The minimum Gasteiger partial charge on any atom is -0.497 e. The van der Waals surface area contributed by atoms with Crippen LogP contribution in [0.5, 0.6) is 5.75 Å². The Labute approximate surface area is 188 Å². The minimum absolute atomic E-state index is 0.210. The molecule has 0 aliphatic rings. The Morgan fingerprint density at radius 2 is 1.81 bits per heavy atom. The molecule has 0 aliphatic heterocycles. The van der Waals surface area contributed by atoms with Crippen molar-refractivity contribution < 1.29 is 9.53 Å². The summed E-state index contributed by atoms with van der Waals surface area (Å²) in [6, 6.07) is 17.0. The maximum absolute atomic E-state index is 13.4. The zero-order chi connectivity index (χ0) is 22.1. The molecule has 2 aromatic carbocycles. The fourth-order valence-electron chi connectivity index (χ4n) is 3.63. The van der Waals surface area contributed by atoms with Crippen molar-refractivity contribution in [3.63, 3.8) is 0 Å². The lowest BCUT2D eigenvalue weighted by Gasteiger charge is -2.06. The number of hydrogen-bond donors (Lipinski definition) is 0. The number of halogens is 1. The molecular formula is C24H18ClN5O2. The van der Waals surface area contributed by atoms with E-state index in [0.717, 1.165) is 22.2 Å². The fourth-order valence-corrected chi connectivity index (χ4v) is 3.76. The number of fused-ring (bicyclic) bond motifs is 1. The molecule has 7 nitrogen and oxygen atoms in total. The molecule has 0 radical (unpaired) electrons. The van der Waals surface area contributed by atoms with Gasteiger partial charge in [-0.15, -0.1) is 5.10 Å². The van der Waals surface area contributed by atoms with Gasteiger partial charge in [-0.05, 0) is 48.0 Å². The van der Waals surface area contributed by atoms with Crippen LogP contribution in [0.4, 0.5) is 0 Å². The second-order valence-corrected chi connectivity index (χ2v) is 7.70. The summed E-state index contributed by atoms with van der Waals surface area (Å²) in [5, 5.41) is 9.69. The van der Waals surface area contributed by atoms with Crippen molar-refractivity contribution >= 4 is 28.3 Å². The van der Waals surface area contributed by atoms with E-state index >= 15 is 0 Å². The third-order valence-corrected chi connectivity index (χ3v) is 5.50. The van der Waals surface area contributed by atoms with Gasteiger partial charge in [0.2, 0.25) is 5.78 Å². The number of nitrogens with zero attached hydrogens (tertiary/aromatic N) is 5. The summed E-state index contributed by atoms with van der Waals surface area (Å²) in [7, 11) is 1.60. The number of rotatable bonds is 6. The second kappa shape index (κ2) is 8.28. The Kier molecular flexibility index (Phi) is 5.17. The molecule has 0 saturated heterocycles. The van der Waals surface area contributed by atoms with Gasteiger partial charge >= 0.3 is 0 Å². The van der Waals surface area contributed by atoms with Gasteiger partial charge < -0.3 is 9.30 Å². The maximum Gasteiger partial charge on any atom is 0.217 e. The molecule has 32 heavy (non-hydrogen) atoms. The first kappa shape index (κ1) is 20.0. The Morgan fingerprint density at radius 1 is 1.03 bits per heavy atom. The Bertz CT molecular complexity index is 1410. The smallest absolute Gasteiger partial charge is 0.217 e. The number of carbonyl (C=O) groups is 1. The van der Waals surface area contributed by atoms with E-state index < -0.39 is 0 Å². The summed E-state index contributed by atoms with van der Waals surface area (Å²) >= 11 is 6.02. The predicted octanol–water partition coefficient (Wildman–Crippen LogP) is 4.56. The molecule has 0 bridgehead atoms. The molecule has 158 valence electrons. The largest absolute Gasteiger partial charge is 0.497 e. The van der Waals surface area contributed by atoms with Gasteiger partial charge in [0.05, 0.1) is 19.0 Å². The predicted molar refractivity (Wildman–Crippen MR) is 122 cm³/mol. The SMILES string of the molecule is COc1ccc2c(c1)c(C(=O)c1cn(-c3ccncc3)nn1)cn2Cc1ccc(Cl)cc1. The van der Waals surface area contributed by atoms with Gasteiger partial charge in [0, 0.05) is 46.6 Å². The molecule has 5 aromatic rings. The van der Waals surface area contributed by atoms with Gasteiger partial charge in [-0.25, -0.2) is 4.68 Å². The molecule has 0 fully saturated rings. The highest BCUT2D eigenvalue weighted by Crippen LogP contribution is 2.28. The first-order valence-electron chi connectivity index (χ1n) is 9.91. The quantitative estimate of drug-likeness (QED) is 0.360. The topological polar surface area (TPSA) is 74.8 Å². The lowest BCUT2D eigenvalue weighted by Crippen LogP contribution is -2.02. The molecule has 0 N–H and O–H groups in total. The number of pyridine rings is 1. The number of methoxy groups -OCH3 is 1. The van der Waals surface area contributed by atoms with Crippen LogP contribution in [0.25, 0.3) is 16.6 Å². The first-order chi connectivity index (χ1) is 15.6. The van der Waals surface area contributed by atoms with E-state index in [1.807, 2.05) is 53.2 Å². The van der Waals surface area contributed by atoms with Crippen molar-refractivity contribution in [3.05, 3.63) is 101 Å². The first-order valence-corrected chi connectivity index (χ1v) is 10.3. The highest BCUT2D eigenvalue weighted by atomic mass is 35.5. The third-order valence-electron chi connectivity index (χ3n) is 5.25. The van der Waals surface area contributed by atoms with Crippen LogP contribution in [0.2, 0.25) is 5.02 Å². The molecule has 0 aliphatic carbocycles. The van der Waals surface area contributed by atoms with Crippen molar-refractivity contribution in [3.8, 4) is 11.4 Å². The number of hydrogen-bond acceptors (Lipinski definition) is 5. The van der Waals surface area contributed by atoms with E-state index in [1.54, 1.807) is 42.5 Å². The van der Waals surface area contributed by atoms with E-state index in [1.165, 1.54) is 0 Å². The zero-order valence-corrected chi connectivity index (χ0v) is 17.9. The van der Waals surface area contributed by atoms with E-state index in [4.69, 9.17) is 16.3 Å². The number of benzene rings is 2. The van der Waals surface area contributed by atoms with Crippen molar-refractivity contribution in [2.24, 2.45) is 0 Å². The fraction of sp³-hybridized carbons (Fsp3) is 0.0833. The van der Waals surface area contributed by atoms with Gasteiger partial charge in [0.1, 0.15) is 5.75 Å². The number of ether oxygens (including phenoxy) is 1. The molecule has 3 heterocycles. The van der Waals surface area contributed by atoms with Crippen LogP contribution in [0.3, 0.4) is 0 Å². The molecule has 0 unspecified atom stereocenters. The van der Waals surface area contributed by atoms with Gasteiger partial charge in [0.15, 0.2) is 5.69 Å². The van der Waals surface area contributed by atoms with Crippen LogP contribution in [0, 0.1) is 0 Å². The summed E-state index contributed by atoms with van der Waals surface area (Å²) in [5.74, 6) is 0.467. The molecule has 0 saturated carbocycles. The van der Waals surface area contributed by atoms with Crippen LogP contribution < -0.4 is 4.74 Å². The van der Waals surface area contributed by atoms with Crippen molar-refractivity contribution in [1.29, 1.82) is 0 Å². The molecular weight excluding hydrogens is 426 g/mol. The Balaban J connectivity index is 1.56. The van der Waals surface area contributed by atoms with Crippen molar-refractivity contribution in [1.82, 2.24) is 24.5 Å². The monoisotopic (exact) mass is 443 g/mol. The van der Waals surface area contributed by atoms with E-state index in [2.05, 4.69) is 15.3 Å². The molecule has 0 spiro atoms. The molecule has 8 heteroatoms. The average Bonchev–Trinajstić information content (AvgIpc) is 3.46. The molecule has 0 amide bonds. The average molecular weight is 444 g/mol. The van der Waals surface area contributed by atoms with Crippen molar-refractivity contribution in [2.45, 2.75) is 6.54 Å². The number of ketones is 1. The molecule has 5 rings (SSSR count). The summed E-state index contributed by atoms with van der Waals surface area (Å²) in [4.78, 5) is 17.4. The van der Waals surface area contributed by atoms with E-state index in [9.17, 15) is 4.79 Å². The Morgan fingerprint density at radius 3 is 2.56 bits per heavy atom. The van der Waals surface area contributed by atoms with Gasteiger partial charge in [0.25, 0.3) is 0 Å². The summed E-state index contributed by atoms with van der Waals surface area (Å²) in [5.41, 5.74) is 3.57. The van der Waals surface area contributed by atoms with Gasteiger partial charge in [-0.3, -0.25) is 9.78 Å². The maximum atomic E-state index is 13.4. The molecule has 3 aromatic heterocycles. The van der Waals surface area contributed by atoms with Crippen LogP contribution in [-0.4, -0.2) is 37.4 Å². The summed E-state index contributed by atoms with van der Waals surface area (Å²) in [6.07, 6.45) is 6.80. The minimum atomic E-state index is -0.210. The van der Waals surface area contributed by atoms with E-state index in [0.29, 0.717) is 22.9 Å². The van der Waals surface area contributed by atoms with Crippen molar-refractivity contribution in [2.75, 3.05) is 7.11 Å². The standard InChI is InChI=1S/C24H18ClN5O2/c1-32-19-6-7-23-20(12-19)21(14-29(23)13-16-2-4-17(25)5-3-16)24(31)22-15-30(28-27-22)18-8-10-26-11-9-18/h2-12,14-15H,13H2,1H3. The number of aromatic nitrogens is 5. The summed E-state index contributed by atoms with van der Waals surface area (Å²) < 4.78 is 8.99. The zero-order valence-electron chi connectivity index (χ0n) is 17.1. The highest BCUT2D eigenvalue weighted by molar-refractivity contribution is 6.30. The second-order valence-electron chi connectivity index (χ2n) is 7.26. The van der Waals surface area contributed by atoms with Crippen LogP contribution in [-0.2, 0) is 6.54 Å².